The number of hydrogen-bond acceptors (Lipinski definition) is 5. The molecule has 0 bridgehead atoms. The standard InChI is InChI=1S/C16H23N5O2S/c1-19(10-12-4-6-13(23-3)7-5-12)11-21-16(24)20(2)15(18-21)9-8-14(17)22/h4-7H,8-11H2,1-3H3,(H2,17,22). The third-order valence-electron chi connectivity index (χ3n) is 3.71. The van der Waals surface area contributed by atoms with Gasteiger partial charge in [-0.05, 0) is 37.0 Å². The molecule has 1 amide bonds. The zero-order valence-electron chi connectivity index (χ0n) is 14.2. The van der Waals surface area contributed by atoms with Gasteiger partial charge in [-0.2, -0.15) is 5.10 Å². The van der Waals surface area contributed by atoms with Gasteiger partial charge in [0.1, 0.15) is 11.6 Å². The van der Waals surface area contributed by atoms with Gasteiger partial charge in [0.2, 0.25) is 5.91 Å². The lowest BCUT2D eigenvalue weighted by Crippen LogP contribution is -2.22. The third-order valence-corrected chi connectivity index (χ3v) is 4.20. The van der Waals surface area contributed by atoms with E-state index in [4.69, 9.17) is 22.7 Å². The maximum Gasteiger partial charge on any atom is 0.217 e. The number of benzene rings is 1. The summed E-state index contributed by atoms with van der Waals surface area (Å²) in [5, 5.41) is 4.50. The van der Waals surface area contributed by atoms with Crippen LogP contribution in [0.2, 0.25) is 0 Å². The molecule has 130 valence electrons. The number of rotatable bonds is 8. The number of ether oxygens (including phenoxy) is 1. The molecule has 0 spiro atoms. The number of carbonyl (C=O) groups excluding carboxylic acids is 1. The summed E-state index contributed by atoms with van der Waals surface area (Å²) in [6.45, 7) is 1.33. The van der Waals surface area contributed by atoms with E-state index in [2.05, 4.69) is 10.00 Å². The Kier molecular flexibility index (Phi) is 6.10. The average molecular weight is 349 g/mol. The summed E-state index contributed by atoms with van der Waals surface area (Å²) >= 11 is 5.41. The summed E-state index contributed by atoms with van der Waals surface area (Å²) < 4.78 is 9.36. The Labute approximate surface area is 146 Å². The zero-order chi connectivity index (χ0) is 17.7. The molecule has 7 nitrogen and oxygen atoms in total. The van der Waals surface area contributed by atoms with Gasteiger partial charge < -0.3 is 15.0 Å². The van der Waals surface area contributed by atoms with Gasteiger partial charge in [-0.3, -0.25) is 9.69 Å². The first-order valence-electron chi connectivity index (χ1n) is 7.63. The topological polar surface area (TPSA) is 78.3 Å². The first-order valence-corrected chi connectivity index (χ1v) is 8.04. The molecule has 2 rings (SSSR count). The van der Waals surface area contributed by atoms with Crippen molar-refractivity contribution < 1.29 is 9.53 Å². The SMILES string of the molecule is COc1ccc(CN(C)Cn2nc(CCC(N)=O)n(C)c2=S)cc1. The van der Waals surface area contributed by atoms with Gasteiger partial charge in [-0.1, -0.05) is 12.1 Å². The van der Waals surface area contributed by atoms with E-state index in [0.29, 0.717) is 17.9 Å². The Morgan fingerprint density at radius 2 is 2.04 bits per heavy atom. The van der Waals surface area contributed by atoms with E-state index in [1.165, 1.54) is 5.56 Å². The van der Waals surface area contributed by atoms with E-state index in [1.807, 2.05) is 42.9 Å². The Balaban J connectivity index is 2.02. The number of nitrogens with two attached hydrogens (primary N) is 1. The molecule has 0 radical (unpaired) electrons. The molecule has 2 aromatic rings. The molecule has 2 N–H and O–H groups in total. The fourth-order valence-electron chi connectivity index (χ4n) is 2.40. The van der Waals surface area contributed by atoms with E-state index >= 15 is 0 Å². The second kappa shape index (κ2) is 8.07. The highest BCUT2D eigenvalue weighted by Gasteiger charge is 2.10. The van der Waals surface area contributed by atoms with Crippen molar-refractivity contribution in [2.24, 2.45) is 12.8 Å². The number of carbonyl (C=O) groups is 1. The second-order valence-corrected chi connectivity index (χ2v) is 6.09. The van der Waals surface area contributed by atoms with Gasteiger partial charge in [-0.25, -0.2) is 4.68 Å². The molecule has 0 fully saturated rings. The van der Waals surface area contributed by atoms with Crippen molar-refractivity contribution in [1.82, 2.24) is 19.2 Å². The highest BCUT2D eigenvalue weighted by atomic mass is 32.1. The van der Waals surface area contributed by atoms with Crippen molar-refractivity contribution >= 4 is 18.1 Å². The van der Waals surface area contributed by atoms with Crippen LogP contribution in [0.4, 0.5) is 0 Å². The monoisotopic (exact) mass is 349 g/mol. The minimum Gasteiger partial charge on any atom is -0.497 e. The molecular formula is C16H23N5O2S. The summed E-state index contributed by atoms with van der Waals surface area (Å²) in [5.74, 6) is 1.26. The maximum absolute atomic E-state index is 10.9. The number of aromatic nitrogens is 3. The van der Waals surface area contributed by atoms with E-state index in [-0.39, 0.29) is 12.3 Å². The molecule has 0 unspecified atom stereocenters. The second-order valence-electron chi connectivity index (χ2n) is 5.73. The smallest absolute Gasteiger partial charge is 0.217 e. The van der Waals surface area contributed by atoms with Crippen LogP contribution in [0.3, 0.4) is 0 Å². The van der Waals surface area contributed by atoms with Crippen LogP contribution in [0.15, 0.2) is 24.3 Å². The molecular weight excluding hydrogens is 326 g/mol. The quantitative estimate of drug-likeness (QED) is 0.730. The minimum absolute atomic E-state index is 0.265. The fraction of sp³-hybridized carbons (Fsp3) is 0.438. The van der Waals surface area contributed by atoms with Crippen LogP contribution >= 0.6 is 12.2 Å². The van der Waals surface area contributed by atoms with E-state index < -0.39 is 0 Å². The lowest BCUT2D eigenvalue weighted by atomic mass is 10.2. The van der Waals surface area contributed by atoms with Crippen molar-refractivity contribution in [2.75, 3.05) is 14.2 Å². The van der Waals surface area contributed by atoms with Crippen LogP contribution in [-0.4, -0.2) is 39.3 Å². The van der Waals surface area contributed by atoms with Gasteiger partial charge in [0.15, 0.2) is 4.77 Å². The first-order chi connectivity index (χ1) is 11.4. The molecule has 0 saturated carbocycles. The van der Waals surface area contributed by atoms with Crippen molar-refractivity contribution in [3.8, 4) is 5.75 Å². The largest absolute Gasteiger partial charge is 0.497 e. The molecule has 0 atom stereocenters. The van der Waals surface area contributed by atoms with Gasteiger partial charge >= 0.3 is 0 Å². The number of primary amides is 1. The summed E-state index contributed by atoms with van der Waals surface area (Å²) in [5.41, 5.74) is 6.37. The molecule has 1 aromatic heterocycles. The predicted octanol–water partition coefficient (Wildman–Crippen LogP) is 1.47. The number of amides is 1. The first kappa shape index (κ1) is 18.2. The highest BCUT2D eigenvalue weighted by Crippen LogP contribution is 2.13. The summed E-state index contributed by atoms with van der Waals surface area (Å²) in [7, 11) is 5.51. The Morgan fingerprint density at radius 1 is 1.38 bits per heavy atom. The molecule has 0 aliphatic carbocycles. The van der Waals surface area contributed by atoms with E-state index in [0.717, 1.165) is 18.1 Å². The fourth-order valence-corrected chi connectivity index (χ4v) is 2.60. The summed E-state index contributed by atoms with van der Waals surface area (Å²) in [6, 6.07) is 7.95. The van der Waals surface area contributed by atoms with Crippen molar-refractivity contribution in [2.45, 2.75) is 26.1 Å². The summed E-state index contributed by atoms with van der Waals surface area (Å²) in [6.07, 6.45) is 0.756. The number of aryl methyl sites for hydroxylation is 1. The van der Waals surface area contributed by atoms with Crippen molar-refractivity contribution in [1.29, 1.82) is 0 Å². The minimum atomic E-state index is -0.341. The van der Waals surface area contributed by atoms with Crippen LogP contribution < -0.4 is 10.5 Å². The number of nitrogens with zero attached hydrogens (tertiary/aromatic N) is 4. The Hall–Kier alpha value is -2.19. The van der Waals surface area contributed by atoms with Crippen LogP contribution in [0, 0.1) is 4.77 Å². The lowest BCUT2D eigenvalue weighted by Gasteiger charge is -2.16. The molecule has 1 heterocycles. The Bertz CT molecular complexity index is 751. The molecule has 0 saturated heterocycles. The van der Waals surface area contributed by atoms with Crippen molar-refractivity contribution in [3.05, 3.63) is 40.4 Å². The number of hydrogen-bond donors (Lipinski definition) is 1. The molecule has 0 aliphatic heterocycles. The van der Waals surface area contributed by atoms with Crippen LogP contribution in [0.5, 0.6) is 5.75 Å². The maximum atomic E-state index is 10.9. The van der Waals surface area contributed by atoms with Crippen LogP contribution in [-0.2, 0) is 31.5 Å². The summed E-state index contributed by atoms with van der Waals surface area (Å²) in [4.78, 5) is 13.1. The third kappa shape index (κ3) is 4.65. The molecule has 1 aromatic carbocycles. The van der Waals surface area contributed by atoms with Gasteiger partial charge in [0.25, 0.3) is 0 Å². The lowest BCUT2D eigenvalue weighted by molar-refractivity contribution is -0.118. The predicted molar refractivity (Wildman–Crippen MR) is 94.0 cm³/mol. The highest BCUT2D eigenvalue weighted by molar-refractivity contribution is 7.71. The van der Waals surface area contributed by atoms with E-state index in [1.54, 1.807) is 11.8 Å². The van der Waals surface area contributed by atoms with Crippen LogP contribution in [0.25, 0.3) is 0 Å². The van der Waals surface area contributed by atoms with Crippen molar-refractivity contribution in [3.63, 3.8) is 0 Å². The number of methoxy groups -OCH3 is 1. The van der Waals surface area contributed by atoms with Gasteiger partial charge in [0, 0.05) is 26.4 Å². The van der Waals surface area contributed by atoms with Crippen LogP contribution in [0.1, 0.15) is 17.8 Å². The molecule has 24 heavy (non-hydrogen) atoms. The van der Waals surface area contributed by atoms with Gasteiger partial charge in [-0.15, -0.1) is 0 Å². The molecule has 0 aliphatic rings. The average Bonchev–Trinajstić information content (AvgIpc) is 2.81. The molecule has 8 heteroatoms. The zero-order valence-corrected chi connectivity index (χ0v) is 15.0. The van der Waals surface area contributed by atoms with Gasteiger partial charge in [0.05, 0.1) is 13.8 Å². The van der Waals surface area contributed by atoms with E-state index in [9.17, 15) is 4.79 Å². The Morgan fingerprint density at radius 3 is 2.62 bits per heavy atom. The normalized spacial score (nSPS) is 11.0.